The van der Waals surface area contributed by atoms with Crippen LogP contribution < -0.4 is 19.8 Å². The lowest BCUT2D eigenvalue weighted by Crippen LogP contribution is -2.32. The van der Waals surface area contributed by atoms with Crippen LogP contribution in [0.4, 0.5) is 24.5 Å². The molecule has 42 heavy (non-hydrogen) atoms. The van der Waals surface area contributed by atoms with Crippen molar-refractivity contribution in [3.05, 3.63) is 105 Å². The number of hydrogen-bond donors (Lipinski definition) is 2. The number of anilines is 2. The van der Waals surface area contributed by atoms with Crippen molar-refractivity contribution >= 4 is 52.2 Å². The van der Waals surface area contributed by atoms with Crippen LogP contribution in [0, 0.1) is 5.92 Å². The smallest absolute Gasteiger partial charge is 0.416 e. The highest BCUT2D eigenvalue weighted by molar-refractivity contribution is 8.00. The topological polar surface area (TPSA) is 109 Å². The molecule has 1 saturated heterocycles. The number of alkyl halides is 3. The molecule has 0 radical (unpaired) electrons. The fourth-order valence-corrected chi connectivity index (χ4v) is 7.66. The Morgan fingerprint density at radius 2 is 1.69 bits per heavy atom. The van der Waals surface area contributed by atoms with E-state index in [1.54, 1.807) is 48.5 Å². The summed E-state index contributed by atoms with van der Waals surface area (Å²) in [6.45, 7) is -0.360. The number of carbonyl (C=O) groups excluding carboxylic acids is 3. The van der Waals surface area contributed by atoms with Crippen molar-refractivity contribution in [1.82, 2.24) is 4.98 Å². The van der Waals surface area contributed by atoms with E-state index in [2.05, 4.69) is 10.3 Å². The number of benzene rings is 3. The number of thiazole rings is 1. The van der Waals surface area contributed by atoms with Crippen LogP contribution in [0.15, 0.2) is 88.7 Å². The van der Waals surface area contributed by atoms with Crippen LogP contribution in [-0.4, -0.2) is 34.6 Å². The van der Waals surface area contributed by atoms with Gasteiger partial charge in [0.1, 0.15) is 11.0 Å². The summed E-state index contributed by atoms with van der Waals surface area (Å²) in [6, 6.07) is 19.5. The first-order chi connectivity index (χ1) is 20.1. The molecule has 2 N–H and O–H groups in total. The van der Waals surface area contributed by atoms with E-state index in [-0.39, 0.29) is 22.9 Å². The van der Waals surface area contributed by atoms with Crippen molar-refractivity contribution in [2.45, 2.75) is 22.4 Å². The molecule has 6 rings (SSSR count). The van der Waals surface area contributed by atoms with E-state index in [0.717, 1.165) is 46.2 Å². The number of aromatic nitrogens is 1. The highest BCUT2D eigenvalue weighted by atomic mass is 32.2. The monoisotopic (exact) mass is 611 g/mol. The maximum absolute atomic E-state index is 13.9. The van der Waals surface area contributed by atoms with Crippen molar-refractivity contribution in [2.75, 3.05) is 16.8 Å². The Morgan fingerprint density at radius 3 is 2.45 bits per heavy atom. The van der Waals surface area contributed by atoms with Crippen LogP contribution in [0.5, 0.6) is 5.75 Å². The quantitative estimate of drug-likeness (QED) is 0.288. The van der Waals surface area contributed by atoms with Gasteiger partial charge < -0.3 is 15.0 Å². The second-order valence-corrected chi connectivity index (χ2v) is 11.7. The number of fused-ring (bicyclic) bond motifs is 2. The fourth-order valence-electron chi connectivity index (χ4n) is 5.16. The maximum Gasteiger partial charge on any atom is 0.416 e. The van der Waals surface area contributed by atoms with Gasteiger partial charge in [0.15, 0.2) is 6.61 Å². The number of rotatable bonds is 6. The van der Waals surface area contributed by atoms with Gasteiger partial charge in [-0.05, 0) is 36.4 Å². The molecule has 4 aromatic rings. The zero-order chi connectivity index (χ0) is 29.6. The van der Waals surface area contributed by atoms with Crippen molar-refractivity contribution in [3.63, 3.8) is 0 Å². The molecule has 3 atom stereocenters. The molecule has 13 heteroatoms. The summed E-state index contributed by atoms with van der Waals surface area (Å²) in [6.07, 6.45) is -4.67. The Labute approximate surface area is 244 Å². The zero-order valence-corrected chi connectivity index (χ0v) is 23.0. The van der Waals surface area contributed by atoms with Gasteiger partial charge in [-0.2, -0.15) is 13.2 Å². The number of imide groups is 1. The number of thioether (sulfide) groups is 1. The van der Waals surface area contributed by atoms with Gasteiger partial charge in [-0.25, -0.2) is 4.90 Å². The Balaban J connectivity index is 1.36. The molecule has 0 saturated carbocycles. The number of nitrogens with zero attached hydrogens (tertiary/aromatic N) is 1. The molecule has 0 unspecified atom stereocenters. The maximum atomic E-state index is 13.9. The number of ether oxygens (including phenoxy) is 1. The number of H-pyrrole nitrogens is 1. The van der Waals surface area contributed by atoms with Crippen molar-refractivity contribution in [1.29, 1.82) is 0 Å². The predicted octanol–water partition coefficient (Wildman–Crippen LogP) is 5.27. The zero-order valence-electron chi connectivity index (χ0n) is 21.4. The Kier molecular flexibility index (Phi) is 7.15. The molecule has 1 aromatic heterocycles. The van der Waals surface area contributed by atoms with Crippen LogP contribution in [-0.2, 0) is 20.6 Å². The Morgan fingerprint density at radius 1 is 0.952 bits per heavy atom. The lowest BCUT2D eigenvalue weighted by molar-refractivity contribution is -0.137. The number of nitrogens with one attached hydrogen (secondary N) is 2. The third kappa shape index (κ3) is 5.09. The van der Waals surface area contributed by atoms with Gasteiger partial charge in [-0.15, -0.1) is 0 Å². The number of amides is 3. The summed E-state index contributed by atoms with van der Waals surface area (Å²) >= 11 is 1.89. The molecule has 0 aliphatic carbocycles. The first-order valence-corrected chi connectivity index (χ1v) is 14.3. The summed E-state index contributed by atoms with van der Waals surface area (Å²) in [4.78, 5) is 56.1. The summed E-state index contributed by atoms with van der Waals surface area (Å²) in [7, 11) is 0. The molecule has 0 bridgehead atoms. The minimum atomic E-state index is -4.67. The summed E-state index contributed by atoms with van der Waals surface area (Å²) in [5, 5.41) is 2.11. The first kappa shape index (κ1) is 27.8. The molecule has 3 aromatic carbocycles. The Hall–Kier alpha value is -4.36. The van der Waals surface area contributed by atoms with Gasteiger partial charge >= 0.3 is 11.0 Å². The molecule has 1 fully saturated rings. The molecular weight excluding hydrogens is 591 g/mol. The van der Waals surface area contributed by atoms with Crippen molar-refractivity contribution < 1.29 is 32.3 Å². The van der Waals surface area contributed by atoms with Gasteiger partial charge in [0.05, 0.1) is 22.2 Å². The van der Waals surface area contributed by atoms with Crippen molar-refractivity contribution in [3.8, 4) is 5.75 Å². The normalized spacial score (nSPS) is 19.8. The van der Waals surface area contributed by atoms with Crippen LogP contribution in [0.2, 0.25) is 0 Å². The standard InChI is InChI=1S/C29H20F3N3O5S2/c30-29(31,32)15-7-6-10-17(13-15)35-26(37)22-21(23-25(34-28(39)42-23)41-24(22)27(35)38)18-11-4-5-12-19(18)40-14-20(36)33-16-8-2-1-3-9-16/h1-13,21-22,24H,14H2,(H,33,36)(H,34,39)/t21-,22-,24+/m0/s1. The highest BCUT2D eigenvalue weighted by Gasteiger charge is 2.57. The molecular formula is C29H20F3N3O5S2. The second-order valence-electron chi connectivity index (χ2n) is 9.55. The average Bonchev–Trinajstić information content (AvgIpc) is 3.46. The molecule has 8 nitrogen and oxygen atoms in total. The minimum Gasteiger partial charge on any atom is -0.483 e. The third-order valence-corrected chi connectivity index (χ3v) is 9.33. The van der Waals surface area contributed by atoms with Gasteiger partial charge in [0.25, 0.3) is 5.91 Å². The van der Waals surface area contributed by atoms with E-state index in [1.807, 2.05) is 6.07 Å². The van der Waals surface area contributed by atoms with E-state index < -0.39 is 46.5 Å². The van der Waals surface area contributed by atoms with Crippen molar-refractivity contribution in [2.24, 2.45) is 5.92 Å². The number of halogens is 3. The van der Waals surface area contributed by atoms with Crippen LogP contribution in [0.3, 0.4) is 0 Å². The Bertz CT molecular complexity index is 1750. The lowest BCUT2D eigenvalue weighted by Gasteiger charge is -2.30. The van der Waals surface area contributed by atoms with Gasteiger partial charge in [0, 0.05) is 22.0 Å². The van der Waals surface area contributed by atoms with E-state index in [0.29, 0.717) is 21.2 Å². The first-order valence-electron chi connectivity index (χ1n) is 12.6. The van der Waals surface area contributed by atoms with E-state index in [9.17, 15) is 32.3 Å². The fraction of sp³-hybridized carbons (Fsp3) is 0.172. The van der Waals surface area contributed by atoms with Gasteiger partial charge in [0.2, 0.25) is 11.8 Å². The highest BCUT2D eigenvalue weighted by Crippen LogP contribution is 2.54. The third-order valence-electron chi connectivity index (χ3n) is 6.93. The van der Waals surface area contributed by atoms with Gasteiger partial charge in [-0.3, -0.25) is 19.2 Å². The average molecular weight is 612 g/mol. The van der Waals surface area contributed by atoms with Crippen LogP contribution >= 0.6 is 23.1 Å². The number of para-hydroxylation sites is 2. The molecule has 214 valence electrons. The largest absolute Gasteiger partial charge is 0.483 e. The summed E-state index contributed by atoms with van der Waals surface area (Å²) < 4.78 is 46.2. The molecule has 3 heterocycles. The predicted molar refractivity (Wildman–Crippen MR) is 151 cm³/mol. The SMILES string of the molecule is O=C(COc1ccccc1[C@@H]1c2sc(=O)[nH]c2S[C@H]2C(=O)N(c3cccc(C(F)(F)F)c3)C(=O)[C@@H]12)Nc1ccccc1. The lowest BCUT2D eigenvalue weighted by atomic mass is 9.82. The molecule has 2 aliphatic heterocycles. The van der Waals surface area contributed by atoms with Crippen LogP contribution in [0.25, 0.3) is 0 Å². The molecule has 0 spiro atoms. The van der Waals surface area contributed by atoms with E-state index in [4.69, 9.17) is 4.74 Å². The summed E-state index contributed by atoms with van der Waals surface area (Å²) in [5.41, 5.74) is -0.134. The summed E-state index contributed by atoms with van der Waals surface area (Å²) in [5.74, 6) is -3.42. The van der Waals surface area contributed by atoms with E-state index >= 15 is 0 Å². The molecule has 2 aliphatic rings. The van der Waals surface area contributed by atoms with Crippen LogP contribution in [0.1, 0.15) is 21.9 Å². The number of aromatic amines is 1. The van der Waals surface area contributed by atoms with E-state index in [1.165, 1.54) is 6.07 Å². The number of carbonyl (C=O) groups is 3. The minimum absolute atomic E-state index is 0.187. The number of hydrogen-bond acceptors (Lipinski definition) is 7. The van der Waals surface area contributed by atoms with Gasteiger partial charge in [-0.1, -0.05) is 65.6 Å². The second kappa shape index (κ2) is 10.8. The molecule has 3 amide bonds.